The SMILES string of the molecule is CCN(CC1CCCO1)C(=O)c1c(O)cccc1F. The van der Waals surface area contributed by atoms with Crippen LogP contribution in [0.3, 0.4) is 0 Å². The maximum absolute atomic E-state index is 13.7. The van der Waals surface area contributed by atoms with Crippen LogP contribution in [-0.2, 0) is 4.74 Å². The van der Waals surface area contributed by atoms with Crippen molar-refractivity contribution in [2.45, 2.75) is 25.9 Å². The zero-order valence-electron chi connectivity index (χ0n) is 10.9. The van der Waals surface area contributed by atoms with E-state index in [4.69, 9.17) is 4.74 Å². The zero-order valence-corrected chi connectivity index (χ0v) is 10.9. The van der Waals surface area contributed by atoms with Gasteiger partial charge in [-0.05, 0) is 31.9 Å². The molecular weight excluding hydrogens is 249 g/mol. The molecule has 19 heavy (non-hydrogen) atoms. The molecule has 5 heteroatoms. The van der Waals surface area contributed by atoms with Crippen LogP contribution in [0, 0.1) is 5.82 Å². The molecule has 0 saturated carbocycles. The first-order chi connectivity index (χ1) is 9.13. The monoisotopic (exact) mass is 267 g/mol. The predicted octanol–water partition coefficient (Wildman–Crippen LogP) is 2.17. The number of hydrogen-bond donors (Lipinski definition) is 1. The van der Waals surface area contributed by atoms with Gasteiger partial charge in [-0.15, -0.1) is 0 Å². The largest absolute Gasteiger partial charge is 0.507 e. The van der Waals surface area contributed by atoms with Gasteiger partial charge in [0.2, 0.25) is 0 Å². The minimum Gasteiger partial charge on any atom is -0.507 e. The standard InChI is InChI=1S/C14H18FNO3/c1-2-16(9-10-5-4-8-19-10)14(18)13-11(15)6-3-7-12(13)17/h3,6-7,10,17H,2,4-5,8-9H2,1H3. The molecule has 1 N–H and O–H groups in total. The first-order valence-corrected chi connectivity index (χ1v) is 6.51. The van der Waals surface area contributed by atoms with Gasteiger partial charge in [0.15, 0.2) is 0 Å². The number of likely N-dealkylation sites (N-methyl/N-ethyl adjacent to an activating group) is 1. The maximum atomic E-state index is 13.7. The lowest BCUT2D eigenvalue weighted by molar-refractivity contribution is 0.0533. The molecule has 0 aromatic heterocycles. The molecule has 1 aliphatic rings. The second-order valence-corrected chi connectivity index (χ2v) is 4.61. The number of benzene rings is 1. The molecule has 2 rings (SSSR count). The van der Waals surface area contributed by atoms with Crippen molar-refractivity contribution in [2.24, 2.45) is 0 Å². The molecule has 1 heterocycles. The highest BCUT2D eigenvalue weighted by Gasteiger charge is 2.25. The summed E-state index contributed by atoms with van der Waals surface area (Å²) in [6, 6.07) is 3.86. The Balaban J connectivity index is 2.15. The number of ether oxygens (including phenoxy) is 1. The van der Waals surface area contributed by atoms with Crippen molar-refractivity contribution in [1.29, 1.82) is 0 Å². The Morgan fingerprint density at radius 1 is 1.58 bits per heavy atom. The number of rotatable bonds is 4. The number of phenols is 1. The van der Waals surface area contributed by atoms with Gasteiger partial charge in [-0.1, -0.05) is 6.07 Å². The van der Waals surface area contributed by atoms with E-state index in [0.717, 1.165) is 12.8 Å². The number of carbonyl (C=O) groups excluding carboxylic acids is 1. The van der Waals surface area contributed by atoms with Gasteiger partial charge in [0.05, 0.1) is 6.10 Å². The van der Waals surface area contributed by atoms with Crippen molar-refractivity contribution < 1.29 is 19.0 Å². The van der Waals surface area contributed by atoms with Gasteiger partial charge in [0.25, 0.3) is 5.91 Å². The molecule has 1 aliphatic heterocycles. The van der Waals surface area contributed by atoms with Gasteiger partial charge >= 0.3 is 0 Å². The number of hydrogen-bond acceptors (Lipinski definition) is 3. The topological polar surface area (TPSA) is 49.8 Å². The summed E-state index contributed by atoms with van der Waals surface area (Å²) < 4.78 is 19.2. The normalized spacial score (nSPS) is 18.5. The Bertz CT molecular complexity index is 438. The van der Waals surface area contributed by atoms with Crippen molar-refractivity contribution in [3.05, 3.63) is 29.6 Å². The van der Waals surface area contributed by atoms with Crippen LogP contribution < -0.4 is 0 Å². The molecule has 1 unspecified atom stereocenters. The van der Waals surface area contributed by atoms with E-state index in [1.54, 1.807) is 0 Å². The van der Waals surface area contributed by atoms with Crippen molar-refractivity contribution in [3.63, 3.8) is 0 Å². The van der Waals surface area contributed by atoms with Crippen LogP contribution in [0.4, 0.5) is 4.39 Å². The molecule has 1 fully saturated rings. The minimum atomic E-state index is -0.698. The molecule has 4 nitrogen and oxygen atoms in total. The Hall–Kier alpha value is -1.62. The molecule has 1 saturated heterocycles. The van der Waals surface area contributed by atoms with Gasteiger partial charge in [-0.2, -0.15) is 0 Å². The summed E-state index contributed by atoms with van der Waals surface area (Å²) in [6.45, 7) is 3.42. The second kappa shape index (κ2) is 6.02. The van der Waals surface area contributed by atoms with E-state index in [0.29, 0.717) is 19.7 Å². The lowest BCUT2D eigenvalue weighted by atomic mass is 10.1. The first kappa shape index (κ1) is 13.8. The number of aromatic hydroxyl groups is 1. The number of amides is 1. The molecule has 0 radical (unpaired) electrons. The van der Waals surface area contributed by atoms with E-state index in [1.165, 1.54) is 23.1 Å². The average molecular weight is 267 g/mol. The third kappa shape index (κ3) is 3.04. The summed E-state index contributed by atoms with van der Waals surface area (Å²) in [5, 5.41) is 9.65. The van der Waals surface area contributed by atoms with Crippen LogP contribution in [-0.4, -0.2) is 41.7 Å². The molecule has 1 aromatic rings. The van der Waals surface area contributed by atoms with Crippen molar-refractivity contribution in [1.82, 2.24) is 4.90 Å². The third-order valence-corrected chi connectivity index (χ3v) is 3.32. The van der Waals surface area contributed by atoms with Crippen molar-refractivity contribution in [2.75, 3.05) is 19.7 Å². The molecule has 0 bridgehead atoms. The van der Waals surface area contributed by atoms with Crippen LogP contribution >= 0.6 is 0 Å². The van der Waals surface area contributed by atoms with E-state index >= 15 is 0 Å². The highest BCUT2D eigenvalue weighted by molar-refractivity contribution is 5.97. The molecule has 1 atom stereocenters. The summed E-state index contributed by atoms with van der Waals surface area (Å²) in [7, 11) is 0. The van der Waals surface area contributed by atoms with Gasteiger partial charge in [-0.25, -0.2) is 4.39 Å². The number of carbonyl (C=O) groups is 1. The smallest absolute Gasteiger partial charge is 0.260 e. The molecule has 1 aromatic carbocycles. The van der Waals surface area contributed by atoms with Crippen LogP contribution in [0.2, 0.25) is 0 Å². The van der Waals surface area contributed by atoms with Crippen LogP contribution in [0.1, 0.15) is 30.1 Å². The summed E-state index contributed by atoms with van der Waals surface area (Å²) in [5.74, 6) is -1.51. The Morgan fingerprint density at radius 2 is 2.37 bits per heavy atom. The molecular formula is C14H18FNO3. The van der Waals surface area contributed by atoms with Gasteiger partial charge in [0.1, 0.15) is 17.1 Å². The molecule has 104 valence electrons. The highest BCUT2D eigenvalue weighted by Crippen LogP contribution is 2.22. The average Bonchev–Trinajstić information content (AvgIpc) is 2.88. The molecule has 0 aliphatic carbocycles. The minimum absolute atomic E-state index is 0.0119. The van der Waals surface area contributed by atoms with E-state index in [2.05, 4.69) is 0 Å². The quantitative estimate of drug-likeness (QED) is 0.909. The van der Waals surface area contributed by atoms with Gasteiger partial charge in [-0.3, -0.25) is 4.79 Å². The van der Waals surface area contributed by atoms with E-state index in [9.17, 15) is 14.3 Å². The van der Waals surface area contributed by atoms with Crippen molar-refractivity contribution in [3.8, 4) is 5.75 Å². The van der Waals surface area contributed by atoms with E-state index in [-0.39, 0.29) is 17.4 Å². The van der Waals surface area contributed by atoms with Gasteiger partial charge in [0, 0.05) is 19.7 Å². The highest BCUT2D eigenvalue weighted by atomic mass is 19.1. The van der Waals surface area contributed by atoms with E-state index in [1.807, 2.05) is 6.92 Å². The lowest BCUT2D eigenvalue weighted by Gasteiger charge is -2.24. The fourth-order valence-corrected chi connectivity index (χ4v) is 2.27. The maximum Gasteiger partial charge on any atom is 0.260 e. The Kier molecular flexibility index (Phi) is 4.37. The first-order valence-electron chi connectivity index (χ1n) is 6.51. The zero-order chi connectivity index (χ0) is 13.8. The fraction of sp³-hybridized carbons (Fsp3) is 0.500. The summed E-state index contributed by atoms with van der Waals surface area (Å²) in [6.07, 6.45) is 1.91. The van der Waals surface area contributed by atoms with Crippen LogP contribution in [0.5, 0.6) is 5.75 Å². The Morgan fingerprint density at radius 3 is 2.95 bits per heavy atom. The summed E-state index contributed by atoms with van der Waals surface area (Å²) in [4.78, 5) is 13.8. The Labute approximate surface area is 111 Å². The summed E-state index contributed by atoms with van der Waals surface area (Å²) in [5.41, 5.74) is -0.262. The van der Waals surface area contributed by atoms with Crippen molar-refractivity contribution >= 4 is 5.91 Å². The van der Waals surface area contributed by atoms with Gasteiger partial charge < -0.3 is 14.7 Å². The van der Waals surface area contributed by atoms with E-state index < -0.39 is 11.7 Å². The van der Waals surface area contributed by atoms with Crippen LogP contribution in [0.25, 0.3) is 0 Å². The fourth-order valence-electron chi connectivity index (χ4n) is 2.27. The number of phenolic OH excluding ortho intramolecular Hbond substituents is 1. The summed E-state index contributed by atoms with van der Waals surface area (Å²) >= 11 is 0. The number of halogens is 1. The number of nitrogens with zero attached hydrogens (tertiary/aromatic N) is 1. The third-order valence-electron chi connectivity index (χ3n) is 3.32. The molecule has 1 amide bonds. The molecule has 0 spiro atoms. The van der Waals surface area contributed by atoms with Crippen LogP contribution in [0.15, 0.2) is 18.2 Å². The predicted molar refractivity (Wildman–Crippen MR) is 68.6 cm³/mol. The second-order valence-electron chi connectivity index (χ2n) is 4.61. The lowest BCUT2D eigenvalue weighted by Crippen LogP contribution is -2.37.